The van der Waals surface area contributed by atoms with E-state index in [4.69, 9.17) is 34.2 Å². The molecule has 14 heteroatoms. The highest BCUT2D eigenvalue weighted by Gasteiger charge is 2.50. The molecule has 0 spiro atoms. The zero-order valence-electron chi connectivity index (χ0n) is 31.4. The summed E-state index contributed by atoms with van der Waals surface area (Å²) in [4.78, 5) is 15.9. The van der Waals surface area contributed by atoms with Gasteiger partial charge in [-0.15, -0.1) is 0 Å². The molecule has 18 atom stereocenters. The zero-order chi connectivity index (χ0) is 37.2. The van der Waals surface area contributed by atoms with Gasteiger partial charge in [0.15, 0.2) is 12.6 Å². The molecule has 0 unspecified atom stereocenters. The summed E-state index contributed by atoms with van der Waals surface area (Å²) in [5.74, 6) is -2.56. The predicted molar refractivity (Wildman–Crippen MR) is 180 cm³/mol. The van der Waals surface area contributed by atoms with E-state index in [2.05, 4.69) is 0 Å². The topological polar surface area (TPSA) is 203 Å². The second kappa shape index (κ2) is 17.2. The molecule has 3 rings (SSSR count). The van der Waals surface area contributed by atoms with E-state index in [9.17, 15) is 30.3 Å². The second-order valence-electron chi connectivity index (χ2n) is 15.6. The van der Waals surface area contributed by atoms with Gasteiger partial charge < -0.3 is 64.6 Å². The molecule has 49 heavy (non-hydrogen) atoms. The second-order valence-corrected chi connectivity index (χ2v) is 15.6. The Labute approximate surface area is 292 Å². The highest BCUT2D eigenvalue weighted by Crippen LogP contribution is 2.37. The van der Waals surface area contributed by atoms with Crippen LogP contribution < -0.4 is 5.73 Å². The molecular weight excluding hydrogens is 640 g/mol. The number of likely N-dealkylation sites (N-methyl/N-ethyl adjacent to an activating group) is 1. The van der Waals surface area contributed by atoms with Crippen LogP contribution in [0, 0.1) is 17.8 Å². The van der Waals surface area contributed by atoms with Gasteiger partial charge in [0.1, 0.15) is 30.0 Å². The number of ether oxygens (including phenoxy) is 6. The summed E-state index contributed by atoms with van der Waals surface area (Å²) in [6, 6.07) is -1.14. The zero-order valence-corrected chi connectivity index (χ0v) is 31.4. The molecule has 3 aliphatic heterocycles. The van der Waals surface area contributed by atoms with Gasteiger partial charge in [-0.2, -0.15) is 0 Å². The van der Waals surface area contributed by atoms with Crippen LogP contribution in [0.15, 0.2) is 0 Å². The van der Waals surface area contributed by atoms with Crippen molar-refractivity contribution in [2.24, 2.45) is 23.5 Å². The van der Waals surface area contributed by atoms with Crippen LogP contribution in [0.5, 0.6) is 0 Å². The maximum absolute atomic E-state index is 14.0. The molecule has 3 fully saturated rings. The van der Waals surface area contributed by atoms with Crippen LogP contribution in [0.1, 0.15) is 88.0 Å². The lowest BCUT2D eigenvalue weighted by Gasteiger charge is -2.47. The van der Waals surface area contributed by atoms with Crippen molar-refractivity contribution in [3.05, 3.63) is 0 Å². The lowest BCUT2D eigenvalue weighted by molar-refractivity contribution is -0.309. The molecule has 0 amide bonds. The molecule has 288 valence electrons. The number of hydrogen-bond acceptors (Lipinski definition) is 14. The fourth-order valence-corrected chi connectivity index (χ4v) is 7.77. The molecule has 0 aliphatic carbocycles. The minimum absolute atomic E-state index is 0.121. The number of methoxy groups -OCH3 is 1. The van der Waals surface area contributed by atoms with Crippen molar-refractivity contribution in [2.45, 2.75) is 179 Å². The van der Waals surface area contributed by atoms with Gasteiger partial charge in [0.05, 0.1) is 42.0 Å². The first kappa shape index (κ1) is 42.4. The van der Waals surface area contributed by atoms with Gasteiger partial charge in [-0.05, 0) is 73.8 Å². The standard InChI is InChI=1S/C35H66N2O12/c1-12-25-35(9,43)30(40)21(6)37(10)16-17(2)13-24(38)29(49-33-27(39)23(36)14-18(3)45-33)19(4)28(20(5)32(42)47-25)48-26-15-34(8,44-11)31(41)22(7)46-26/h17-31,33,38-41,43H,12-16,36H2,1-11H3/t17-,18-,19+,20-,21-,22+,23+,24-,25-,26+,27-,28+,29-,30-,31+,33+,34-,35-/m1/s1. The molecule has 0 bridgehead atoms. The van der Waals surface area contributed by atoms with Gasteiger partial charge in [-0.1, -0.05) is 20.8 Å². The van der Waals surface area contributed by atoms with Crippen molar-refractivity contribution in [1.29, 1.82) is 0 Å². The number of cyclic esters (lactones) is 1. The number of nitrogens with two attached hydrogens (primary N) is 1. The molecule has 14 nitrogen and oxygen atoms in total. The molecule has 3 aliphatic rings. The minimum atomic E-state index is -1.80. The molecule has 0 saturated carbocycles. The number of aliphatic hydroxyl groups is 5. The lowest BCUT2D eigenvalue weighted by atomic mass is 9.83. The smallest absolute Gasteiger partial charge is 0.311 e. The Morgan fingerprint density at radius 2 is 1.59 bits per heavy atom. The van der Waals surface area contributed by atoms with Crippen LogP contribution in [0.3, 0.4) is 0 Å². The van der Waals surface area contributed by atoms with Crippen molar-refractivity contribution in [3.63, 3.8) is 0 Å². The van der Waals surface area contributed by atoms with E-state index in [1.807, 2.05) is 25.8 Å². The summed E-state index contributed by atoms with van der Waals surface area (Å²) in [7, 11) is 3.32. The summed E-state index contributed by atoms with van der Waals surface area (Å²) < 4.78 is 36.8. The maximum Gasteiger partial charge on any atom is 0.311 e. The van der Waals surface area contributed by atoms with Crippen LogP contribution >= 0.6 is 0 Å². The molecule has 3 saturated heterocycles. The van der Waals surface area contributed by atoms with E-state index in [-0.39, 0.29) is 31.3 Å². The molecule has 3 heterocycles. The SMILES string of the molecule is CC[C@H]1OC(=O)[C@H](C)[C@@H](O[C@H]2C[C@@](C)(OC)[C@@H](O)[C@H](C)O2)[C@H](C)[C@@H](O[C@@H]2O[C@H](C)C[C@H](N)[C@H]2O)[C@H](O)C[C@@H](C)CN(C)[C@H](C)[C@@H](O)[C@]1(C)O. The van der Waals surface area contributed by atoms with Crippen molar-refractivity contribution < 1.29 is 58.7 Å². The number of rotatable bonds is 6. The Morgan fingerprint density at radius 3 is 2.18 bits per heavy atom. The third-order valence-electron chi connectivity index (χ3n) is 11.3. The van der Waals surface area contributed by atoms with E-state index in [1.165, 1.54) is 14.0 Å². The summed E-state index contributed by atoms with van der Waals surface area (Å²) in [6.45, 7) is 16.1. The maximum atomic E-state index is 14.0. The van der Waals surface area contributed by atoms with E-state index < -0.39 is 103 Å². The monoisotopic (exact) mass is 706 g/mol. The normalized spacial score (nSPS) is 50.3. The van der Waals surface area contributed by atoms with Gasteiger partial charge in [-0.3, -0.25) is 4.79 Å². The van der Waals surface area contributed by atoms with Gasteiger partial charge in [0.25, 0.3) is 0 Å². The van der Waals surface area contributed by atoms with Crippen LogP contribution in [0.25, 0.3) is 0 Å². The van der Waals surface area contributed by atoms with E-state index in [1.54, 1.807) is 41.5 Å². The van der Waals surface area contributed by atoms with Crippen LogP contribution in [0.4, 0.5) is 0 Å². The molecule has 0 radical (unpaired) electrons. The molecule has 7 N–H and O–H groups in total. The Hall–Kier alpha value is -1.01. The average Bonchev–Trinajstić information content (AvgIpc) is 3.03. The summed E-state index contributed by atoms with van der Waals surface area (Å²) in [5.41, 5.74) is 3.42. The van der Waals surface area contributed by atoms with Gasteiger partial charge in [-0.25, -0.2) is 0 Å². The highest BCUT2D eigenvalue weighted by atomic mass is 16.7. The fraction of sp³-hybridized carbons (Fsp3) is 0.971. The van der Waals surface area contributed by atoms with E-state index in [0.717, 1.165) is 0 Å². The number of hydrogen-bond donors (Lipinski definition) is 6. The molecule has 0 aromatic rings. The summed E-state index contributed by atoms with van der Waals surface area (Å²) in [5, 5.41) is 56.7. The Morgan fingerprint density at radius 1 is 0.959 bits per heavy atom. The first-order chi connectivity index (χ1) is 22.7. The first-order valence-corrected chi connectivity index (χ1v) is 18.0. The van der Waals surface area contributed by atoms with Gasteiger partial charge >= 0.3 is 5.97 Å². The number of nitrogens with zero attached hydrogens (tertiary/aromatic N) is 1. The van der Waals surface area contributed by atoms with Crippen molar-refractivity contribution in [3.8, 4) is 0 Å². The predicted octanol–water partition coefficient (Wildman–Crippen LogP) is 0.908. The van der Waals surface area contributed by atoms with Crippen LogP contribution in [0.2, 0.25) is 0 Å². The third kappa shape index (κ3) is 9.71. The summed E-state index contributed by atoms with van der Waals surface area (Å²) in [6.07, 6.45) is -9.65. The van der Waals surface area contributed by atoms with Crippen LogP contribution in [-0.4, -0.2) is 148 Å². The third-order valence-corrected chi connectivity index (χ3v) is 11.3. The number of carbonyl (C=O) groups is 1. The molecule has 0 aromatic heterocycles. The van der Waals surface area contributed by atoms with Crippen LogP contribution in [-0.2, 0) is 33.2 Å². The van der Waals surface area contributed by atoms with Crippen molar-refractivity contribution in [2.75, 3.05) is 20.7 Å². The molecular formula is C35H66N2O12. The molecule has 0 aromatic carbocycles. The summed E-state index contributed by atoms with van der Waals surface area (Å²) >= 11 is 0. The first-order valence-electron chi connectivity index (χ1n) is 18.0. The number of aliphatic hydroxyl groups excluding tert-OH is 4. The Kier molecular flexibility index (Phi) is 14.9. The number of esters is 1. The van der Waals surface area contributed by atoms with Crippen molar-refractivity contribution >= 4 is 5.97 Å². The highest BCUT2D eigenvalue weighted by molar-refractivity contribution is 5.73. The number of carbonyl (C=O) groups excluding carboxylic acids is 1. The van der Waals surface area contributed by atoms with Gasteiger partial charge in [0.2, 0.25) is 0 Å². The van der Waals surface area contributed by atoms with Gasteiger partial charge in [0, 0.05) is 38.1 Å². The lowest BCUT2D eigenvalue weighted by Crippen LogP contribution is -2.59. The Balaban J connectivity index is 2.11. The largest absolute Gasteiger partial charge is 0.459 e. The van der Waals surface area contributed by atoms with E-state index in [0.29, 0.717) is 13.0 Å². The minimum Gasteiger partial charge on any atom is -0.459 e. The Bertz CT molecular complexity index is 1050. The van der Waals surface area contributed by atoms with E-state index >= 15 is 0 Å². The van der Waals surface area contributed by atoms with Crippen molar-refractivity contribution in [1.82, 2.24) is 4.90 Å². The fourth-order valence-electron chi connectivity index (χ4n) is 7.77. The quantitative estimate of drug-likeness (QED) is 0.213. The average molecular weight is 707 g/mol.